The fraction of sp³-hybridized carbons (Fsp3) is 0.280. The van der Waals surface area contributed by atoms with Crippen molar-refractivity contribution >= 4 is 23.5 Å². The average Bonchev–Trinajstić information content (AvgIpc) is 2.93. The number of methoxy groups -OCH3 is 1. The molecule has 4 heteroatoms. The molecule has 29 heavy (non-hydrogen) atoms. The fourth-order valence-electron chi connectivity index (χ4n) is 3.49. The van der Waals surface area contributed by atoms with Crippen LogP contribution in [-0.2, 0) is 14.3 Å². The number of carbonyl (C=O) groups is 2. The minimum Gasteiger partial charge on any atom is -0.465 e. The first kappa shape index (κ1) is 20.6. The second-order valence-corrected chi connectivity index (χ2v) is 7.74. The van der Waals surface area contributed by atoms with Crippen molar-refractivity contribution in [3.8, 4) is 0 Å². The van der Waals surface area contributed by atoms with E-state index >= 15 is 0 Å². The molecule has 0 bridgehead atoms. The van der Waals surface area contributed by atoms with E-state index in [1.165, 1.54) is 18.2 Å². The molecule has 0 amide bonds. The van der Waals surface area contributed by atoms with Crippen LogP contribution in [0, 0.1) is 13.8 Å². The molecule has 0 unspecified atom stereocenters. The first-order chi connectivity index (χ1) is 13.7. The Morgan fingerprint density at radius 2 is 1.66 bits per heavy atom. The highest BCUT2D eigenvalue weighted by molar-refractivity contribution is 6.30. The fourth-order valence-corrected chi connectivity index (χ4v) is 3.49. The van der Waals surface area contributed by atoms with Crippen LogP contribution in [0.1, 0.15) is 48.9 Å². The van der Waals surface area contributed by atoms with E-state index in [-0.39, 0.29) is 11.4 Å². The van der Waals surface area contributed by atoms with Crippen LogP contribution in [0.25, 0.3) is 6.08 Å². The lowest BCUT2D eigenvalue weighted by Crippen LogP contribution is -2.18. The summed E-state index contributed by atoms with van der Waals surface area (Å²) >= 11 is 0. The predicted molar refractivity (Wildman–Crippen MR) is 117 cm³/mol. The Labute approximate surface area is 172 Å². The van der Waals surface area contributed by atoms with Crippen LogP contribution in [0.3, 0.4) is 0 Å². The number of carbonyl (C=O) groups excluding carboxylic acids is 2. The number of anilines is 1. The number of ketones is 1. The van der Waals surface area contributed by atoms with Crippen molar-refractivity contribution in [2.45, 2.75) is 40.5 Å². The molecular formula is C25H27NO3. The van der Waals surface area contributed by atoms with Gasteiger partial charge < -0.3 is 9.64 Å². The molecule has 0 aromatic heterocycles. The molecule has 0 saturated heterocycles. The van der Waals surface area contributed by atoms with Gasteiger partial charge in [-0.2, -0.15) is 0 Å². The van der Waals surface area contributed by atoms with Gasteiger partial charge in [-0.05, 0) is 67.2 Å². The van der Waals surface area contributed by atoms with Crippen LogP contribution >= 0.6 is 0 Å². The first-order valence-corrected chi connectivity index (χ1v) is 9.77. The molecule has 3 rings (SSSR count). The number of allylic oxidation sites excluding steroid dienone is 2. The normalized spacial score (nSPS) is 15.6. The quantitative estimate of drug-likeness (QED) is 0.404. The molecule has 0 radical (unpaired) electrons. The Hall–Kier alpha value is -3.14. The summed E-state index contributed by atoms with van der Waals surface area (Å²) in [4.78, 5) is 27.3. The summed E-state index contributed by atoms with van der Waals surface area (Å²) < 4.78 is 4.87. The lowest BCUT2D eigenvalue weighted by Gasteiger charge is -2.22. The van der Waals surface area contributed by atoms with E-state index in [1.807, 2.05) is 55.2 Å². The summed E-state index contributed by atoms with van der Waals surface area (Å²) in [5, 5.41) is 0. The Kier molecular flexibility index (Phi) is 5.73. The number of esters is 1. The summed E-state index contributed by atoms with van der Waals surface area (Å²) in [6, 6.07) is 14.2. The second-order valence-electron chi connectivity index (χ2n) is 7.74. The maximum Gasteiger partial charge on any atom is 0.343 e. The van der Waals surface area contributed by atoms with Crippen molar-refractivity contribution in [2.24, 2.45) is 0 Å². The molecule has 0 aliphatic carbocycles. The molecule has 2 aromatic carbocycles. The van der Waals surface area contributed by atoms with Crippen LogP contribution < -0.4 is 4.90 Å². The average molecular weight is 389 g/mol. The Morgan fingerprint density at radius 1 is 1.00 bits per heavy atom. The predicted octanol–water partition coefficient (Wildman–Crippen LogP) is 5.30. The Bertz CT molecular complexity index is 1030. The van der Waals surface area contributed by atoms with E-state index in [0.717, 1.165) is 16.8 Å². The molecule has 0 fully saturated rings. The highest BCUT2D eigenvalue weighted by Crippen LogP contribution is 2.36. The van der Waals surface area contributed by atoms with Gasteiger partial charge >= 0.3 is 5.97 Å². The van der Waals surface area contributed by atoms with Crippen LogP contribution in [-0.4, -0.2) is 18.9 Å². The Morgan fingerprint density at radius 3 is 2.21 bits per heavy atom. The van der Waals surface area contributed by atoms with Gasteiger partial charge in [-0.1, -0.05) is 44.2 Å². The van der Waals surface area contributed by atoms with E-state index in [2.05, 4.69) is 26.0 Å². The van der Waals surface area contributed by atoms with E-state index in [0.29, 0.717) is 17.3 Å². The largest absolute Gasteiger partial charge is 0.465 e. The topological polar surface area (TPSA) is 46.6 Å². The number of hydrogen-bond donors (Lipinski definition) is 0. The van der Waals surface area contributed by atoms with Crippen molar-refractivity contribution in [1.29, 1.82) is 0 Å². The van der Waals surface area contributed by atoms with E-state index in [1.54, 1.807) is 6.92 Å². The SMILES string of the molecule is COC(=O)C1=C(C)N(c2ccc(C)c(C)c2)/C(=C/c2ccc(C(C)C)cc2)C1=O. The van der Waals surface area contributed by atoms with Gasteiger partial charge in [0.05, 0.1) is 12.8 Å². The smallest absolute Gasteiger partial charge is 0.343 e. The van der Waals surface area contributed by atoms with Gasteiger partial charge in [0.1, 0.15) is 5.57 Å². The van der Waals surface area contributed by atoms with Crippen molar-refractivity contribution in [1.82, 2.24) is 0 Å². The first-order valence-electron chi connectivity index (χ1n) is 9.77. The van der Waals surface area contributed by atoms with Gasteiger partial charge in [-0.15, -0.1) is 0 Å². The Balaban J connectivity index is 2.13. The highest BCUT2D eigenvalue weighted by Gasteiger charge is 2.38. The molecular weight excluding hydrogens is 362 g/mol. The van der Waals surface area contributed by atoms with Gasteiger partial charge in [0.15, 0.2) is 0 Å². The van der Waals surface area contributed by atoms with Gasteiger partial charge in [0, 0.05) is 11.4 Å². The van der Waals surface area contributed by atoms with E-state index in [9.17, 15) is 9.59 Å². The number of benzene rings is 2. The monoisotopic (exact) mass is 389 g/mol. The maximum absolute atomic E-state index is 13.2. The van der Waals surface area contributed by atoms with Crippen LogP contribution in [0.15, 0.2) is 59.4 Å². The lowest BCUT2D eigenvalue weighted by molar-refractivity contribution is -0.137. The van der Waals surface area contributed by atoms with Crippen LogP contribution in [0.2, 0.25) is 0 Å². The van der Waals surface area contributed by atoms with Crippen molar-refractivity contribution in [3.05, 3.63) is 81.7 Å². The van der Waals surface area contributed by atoms with Crippen LogP contribution in [0.5, 0.6) is 0 Å². The summed E-state index contributed by atoms with van der Waals surface area (Å²) in [5.41, 5.74) is 6.39. The van der Waals surface area contributed by atoms with Crippen molar-refractivity contribution in [2.75, 3.05) is 12.0 Å². The third-order valence-corrected chi connectivity index (χ3v) is 5.44. The minimum absolute atomic E-state index is 0.0794. The molecule has 0 spiro atoms. The molecule has 2 aromatic rings. The van der Waals surface area contributed by atoms with E-state index in [4.69, 9.17) is 4.74 Å². The number of ether oxygens (including phenoxy) is 1. The van der Waals surface area contributed by atoms with Gasteiger partial charge in [0.25, 0.3) is 0 Å². The zero-order valence-electron chi connectivity index (χ0n) is 17.9. The number of Topliss-reactive ketones (excluding diaryl/α,β-unsaturated/α-hetero) is 1. The molecule has 1 heterocycles. The molecule has 150 valence electrons. The third-order valence-electron chi connectivity index (χ3n) is 5.44. The molecule has 0 N–H and O–H groups in total. The van der Waals surface area contributed by atoms with Gasteiger partial charge in [-0.25, -0.2) is 4.79 Å². The number of nitrogens with zero attached hydrogens (tertiary/aromatic N) is 1. The molecule has 0 atom stereocenters. The number of rotatable bonds is 4. The van der Waals surface area contributed by atoms with Crippen molar-refractivity contribution < 1.29 is 14.3 Å². The molecule has 1 aliphatic heterocycles. The molecule has 1 aliphatic rings. The zero-order valence-corrected chi connectivity index (χ0v) is 17.9. The summed E-state index contributed by atoms with van der Waals surface area (Å²) in [7, 11) is 1.29. The maximum atomic E-state index is 13.2. The van der Waals surface area contributed by atoms with E-state index < -0.39 is 5.97 Å². The van der Waals surface area contributed by atoms with Crippen molar-refractivity contribution in [3.63, 3.8) is 0 Å². The number of aryl methyl sites for hydroxylation is 2. The summed E-state index contributed by atoms with van der Waals surface area (Å²) in [5.74, 6) is -0.493. The number of hydrogen-bond acceptors (Lipinski definition) is 4. The standard InChI is InChI=1S/C25H27NO3/c1-15(2)20-10-8-19(9-11-20)14-22-24(27)23(25(28)29-6)18(5)26(22)21-12-7-16(3)17(4)13-21/h7-15H,1-6H3/b22-14+. The summed E-state index contributed by atoms with van der Waals surface area (Å²) in [6.45, 7) is 10.1. The second kappa shape index (κ2) is 8.08. The molecule has 4 nitrogen and oxygen atoms in total. The molecule has 0 saturated carbocycles. The minimum atomic E-state index is -0.611. The van der Waals surface area contributed by atoms with Gasteiger partial charge in [-0.3, -0.25) is 4.79 Å². The van der Waals surface area contributed by atoms with Gasteiger partial charge in [0.2, 0.25) is 5.78 Å². The zero-order chi connectivity index (χ0) is 21.3. The third kappa shape index (κ3) is 3.88. The lowest BCUT2D eigenvalue weighted by atomic mass is 10.0. The van der Waals surface area contributed by atoms with Crippen LogP contribution in [0.4, 0.5) is 5.69 Å². The summed E-state index contributed by atoms with van der Waals surface area (Å²) in [6.07, 6.45) is 1.83. The highest BCUT2D eigenvalue weighted by atomic mass is 16.5.